The average Bonchev–Trinajstić information content (AvgIpc) is 3.01. The van der Waals surface area contributed by atoms with E-state index in [-0.39, 0.29) is 20.4 Å². The summed E-state index contributed by atoms with van der Waals surface area (Å²) in [6, 6.07) is 0. The Labute approximate surface area is 261 Å². The van der Waals surface area contributed by atoms with Crippen LogP contribution >= 0.6 is 15.8 Å². The molecule has 6 saturated carbocycles. The van der Waals surface area contributed by atoms with Crippen molar-refractivity contribution in [1.82, 2.24) is 0 Å². The third-order valence-electron chi connectivity index (χ3n) is 12.0. The molecule has 0 spiro atoms. The summed E-state index contributed by atoms with van der Waals surface area (Å²) >= 11 is 0. The Morgan fingerprint density at radius 2 is 0.333 bits per heavy atom. The van der Waals surface area contributed by atoms with Crippen molar-refractivity contribution < 1.29 is 20.4 Å². The van der Waals surface area contributed by atoms with Gasteiger partial charge in [0, 0.05) is 20.4 Å². The van der Waals surface area contributed by atoms with E-state index < -0.39 is 0 Å². The summed E-state index contributed by atoms with van der Waals surface area (Å²) in [6.45, 7) is 0. The van der Waals surface area contributed by atoms with Gasteiger partial charge in [0.15, 0.2) is 0 Å². The van der Waals surface area contributed by atoms with Crippen LogP contribution in [0.3, 0.4) is 0 Å². The standard InChI is InChI=1S/2C18H33P.Pd/c2*1-4-10-16(11-5-1)19(17-12-6-2-7-13-17)18-14-8-3-9-15-18;/h2*16-18H,1-15H2;. The maximum Gasteiger partial charge on any atom is 0 e. The molecule has 6 rings (SSSR count). The van der Waals surface area contributed by atoms with Crippen LogP contribution in [-0.2, 0) is 20.4 Å². The molecule has 0 aromatic carbocycles. The molecule has 0 bridgehead atoms. The van der Waals surface area contributed by atoms with Crippen molar-refractivity contribution in [2.45, 2.75) is 227 Å². The summed E-state index contributed by atoms with van der Waals surface area (Å²) < 4.78 is 0. The molecule has 0 radical (unpaired) electrons. The zero-order valence-corrected chi connectivity index (χ0v) is 29.2. The van der Waals surface area contributed by atoms with E-state index in [1.165, 1.54) is 72.5 Å². The Bertz CT molecular complexity index is 464. The van der Waals surface area contributed by atoms with Crippen molar-refractivity contribution >= 4 is 15.8 Å². The fourth-order valence-electron chi connectivity index (χ4n) is 10.1. The normalized spacial score (nSPS) is 28.2. The van der Waals surface area contributed by atoms with E-state index in [2.05, 4.69) is 0 Å². The van der Waals surface area contributed by atoms with Gasteiger partial charge in [-0.25, -0.2) is 0 Å². The van der Waals surface area contributed by atoms with Gasteiger partial charge in [-0.05, 0) is 111 Å². The molecule has 0 nitrogen and oxygen atoms in total. The quantitative estimate of drug-likeness (QED) is 0.195. The summed E-state index contributed by atoms with van der Waals surface area (Å²) in [5.74, 6) is 0. The predicted octanol–water partition coefficient (Wildman–Crippen LogP) is 12.9. The monoisotopic (exact) mass is 666 g/mol. The molecule has 0 aromatic rings. The minimum Gasteiger partial charge on any atom is -0.0971 e. The molecule has 230 valence electrons. The van der Waals surface area contributed by atoms with Crippen molar-refractivity contribution in [1.29, 1.82) is 0 Å². The minimum atomic E-state index is 0. The third kappa shape index (κ3) is 10.3. The molecule has 0 heterocycles. The first-order chi connectivity index (χ1) is 18.9. The fraction of sp³-hybridized carbons (Fsp3) is 1.00. The van der Waals surface area contributed by atoms with Crippen LogP contribution in [0.2, 0.25) is 0 Å². The molecule has 0 aliphatic heterocycles. The van der Waals surface area contributed by atoms with Crippen LogP contribution < -0.4 is 0 Å². The van der Waals surface area contributed by atoms with Crippen molar-refractivity contribution in [3.8, 4) is 0 Å². The number of rotatable bonds is 6. The Kier molecular flexibility index (Phi) is 16.3. The summed E-state index contributed by atoms with van der Waals surface area (Å²) in [6.07, 6.45) is 47.2. The zero-order chi connectivity index (χ0) is 25.8. The molecule has 3 heteroatoms. The Morgan fingerprint density at radius 3 is 0.462 bits per heavy atom. The summed E-state index contributed by atoms with van der Waals surface area (Å²) in [4.78, 5) is 0. The number of hydrogen-bond donors (Lipinski definition) is 0. The van der Waals surface area contributed by atoms with Crippen LogP contribution in [-0.4, -0.2) is 34.0 Å². The molecule has 6 aliphatic rings. The van der Waals surface area contributed by atoms with Crippen LogP contribution in [0.25, 0.3) is 0 Å². The van der Waals surface area contributed by atoms with Gasteiger partial charge < -0.3 is 0 Å². The van der Waals surface area contributed by atoms with Gasteiger partial charge in [-0.1, -0.05) is 131 Å². The second kappa shape index (κ2) is 19.0. The van der Waals surface area contributed by atoms with E-state index in [9.17, 15) is 0 Å². The fourth-order valence-corrected chi connectivity index (χ4v) is 19.4. The van der Waals surface area contributed by atoms with E-state index in [0.717, 1.165) is 0 Å². The van der Waals surface area contributed by atoms with E-state index in [1.807, 2.05) is 0 Å². The van der Waals surface area contributed by atoms with Crippen molar-refractivity contribution in [2.24, 2.45) is 0 Å². The van der Waals surface area contributed by atoms with Gasteiger partial charge in [0.05, 0.1) is 0 Å². The van der Waals surface area contributed by atoms with Crippen LogP contribution in [0.4, 0.5) is 0 Å². The Morgan fingerprint density at radius 1 is 0.205 bits per heavy atom. The summed E-state index contributed by atoms with van der Waals surface area (Å²) in [5.41, 5.74) is 7.14. The van der Waals surface area contributed by atoms with Gasteiger partial charge in [0.25, 0.3) is 0 Å². The van der Waals surface area contributed by atoms with Gasteiger partial charge in [-0.15, -0.1) is 0 Å². The van der Waals surface area contributed by atoms with Crippen LogP contribution in [0.15, 0.2) is 0 Å². The molecular weight excluding hydrogens is 601 g/mol. The molecule has 6 aliphatic carbocycles. The molecule has 0 aromatic heterocycles. The van der Waals surface area contributed by atoms with Crippen LogP contribution in [0.1, 0.15) is 193 Å². The second-order valence-corrected chi connectivity index (χ2v) is 20.8. The van der Waals surface area contributed by atoms with Gasteiger partial charge in [-0.3, -0.25) is 0 Å². The van der Waals surface area contributed by atoms with Gasteiger partial charge in [0.1, 0.15) is 0 Å². The van der Waals surface area contributed by atoms with Crippen molar-refractivity contribution in [2.75, 3.05) is 0 Å². The summed E-state index contributed by atoms with van der Waals surface area (Å²) in [7, 11) is 0.770. The van der Waals surface area contributed by atoms with E-state index in [1.54, 1.807) is 154 Å². The molecule has 6 fully saturated rings. The van der Waals surface area contributed by atoms with Crippen molar-refractivity contribution in [3.63, 3.8) is 0 Å². The number of hydrogen-bond acceptors (Lipinski definition) is 0. The second-order valence-electron chi connectivity index (χ2n) is 14.6. The third-order valence-corrected chi connectivity index (χ3v) is 20.1. The van der Waals surface area contributed by atoms with Gasteiger partial charge in [-0.2, -0.15) is 0 Å². The largest absolute Gasteiger partial charge is 0.0971 e. The summed E-state index contributed by atoms with van der Waals surface area (Å²) in [5, 5.41) is 0. The molecule has 39 heavy (non-hydrogen) atoms. The first-order valence-electron chi connectivity index (χ1n) is 18.4. The van der Waals surface area contributed by atoms with Gasteiger partial charge >= 0.3 is 0 Å². The predicted molar refractivity (Wildman–Crippen MR) is 175 cm³/mol. The maximum atomic E-state index is 1.61. The van der Waals surface area contributed by atoms with E-state index >= 15 is 0 Å². The zero-order valence-electron chi connectivity index (χ0n) is 25.9. The molecule has 0 atom stereocenters. The topological polar surface area (TPSA) is 0 Å². The van der Waals surface area contributed by atoms with E-state index in [0.29, 0.717) is 15.8 Å². The maximum absolute atomic E-state index is 1.61. The molecule has 0 unspecified atom stereocenters. The molecule has 0 saturated heterocycles. The molecule has 0 amide bonds. The Balaban J connectivity index is 0.000000176. The van der Waals surface area contributed by atoms with E-state index in [4.69, 9.17) is 0 Å². The SMILES string of the molecule is C1CCC(P(C2CCCCC2)C2CCCCC2)CC1.C1CCC(P(C2CCCCC2)C2CCCCC2)CC1.[Pd]. The van der Waals surface area contributed by atoms with Crippen LogP contribution in [0, 0.1) is 0 Å². The van der Waals surface area contributed by atoms with Crippen molar-refractivity contribution in [3.05, 3.63) is 0 Å². The minimum absolute atomic E-state index is 0. The first-order valence-corrected chi connectivity index (χ1v) is 21.5. The smallest absolute Gasteiger partial charge is 0 e. The Hall–Kier alpha value is 1.52. The van der Waals surface area contributed by atoms with Crippen LogP contribution in [0.5, 0.6) is 0 Å². The van der Waals surface area contributed by atoms with Gasteiger partial charge in [0.2, 0.25) is 0 Å². The molecule has 0 N–H and O–H groups in total. The first kappa shape index (κ1) is 33.4. The molecular formula is C36H66P2Pd. The average molecular weight is 667 g/mol.